The van der Waals surface area contributed by atoms with E-state index in [1.807, 2.05) is 90.4 Å². The number of benzene rings is 3. The Hall–Kier alpha value is -3.84. The molecule has 3 aromatic carbocycles. The van der Waals surface area contributed by atoms with Gasteiger partial charge in [-0.3, -0.25) is 13.9 Å². The van der Waals surface area contributed by atoms with Crippen LogP contribution in [0.1, 0.15) is 18.3 Å². The number of aryl methyl sites for hydroxylation is 1. The number of aromatic nitrogens is 5. The molecule has 0 aliphatic carbocycles. The summed E-state index contributed by atoms with van der Waals surface area (Å²) >= 11 is 3.51. The van der Waals surface area contributed by atoms with Gasteiger partial charge >= 0.3 is 0 Å². The van der Waals surface area contributed by atoms with Crippen molar-refractivity contribution in [2.75, 3.05) is 0 Å². The zero-order valence-electron chi connectivity index (χ0n) is 18.4. The fourth-order valence-corrected chi connectivity index (χ4v) is 4.67. The van der Waals surface area contributed by atoms with Crippen molar-refractivity contribution >= 4 is 49.2 Å². The van der Waals surface area contributed by atoms with Gasteiger partial charge < -0.3 is 0 Å². The molecule has 0 saturated carbocycles. The highest BCUT2D eigenvalue weighted by Gasteiger charge is 2.22. The number of hydrogen-bond donors (Lipinski definition) is 0. The molecule has 166 valence electrons. The van der Waals surface area contributed by atoms with Crippen molar-refractivity contribution in [1.82, 2.24) is 24.1 Å². The Morgan fingerprint density at radius 2 is 1.47 bits per heavy atom. The first kappa shape index (κ1) is 20.7. The Bertz CT molecular complexity index is 1740. The molecule has 0 unspecified atom stereocenters. The van der Waals surface area contributed by atoms with E-state index in [0.717, 1.165) is 32.6 Å². The molecule has 0 bridgehead atoms. The highest BCUT2D eigenvalue weighted by atomic mass is 79.9. The number of nitrogens with zero attached hydrogens (tertiary/aromatic N) is 5. The van der Waals surface area contributed by atoms with E-state index in [4.69, 9.17) is 15.0 Å². The van der Waals surface area contributed by atoms with Gasteiger partial charge in [-0.25, -0.2) is 15.0 Å². The third-order valence-corrected chi connectivity index (χ3v) is 6.55. The first-order valence-corrected chi connectivity index (χ1v) is 11.9. The van der Waals surface area contributed by atoms with Gasteiger partial charge in [-0.05, 0) is 42.0 Å². The number of hydrogen-bond acceptors (Lipinski definition) is 4. The minimum atomic E-state index is -0.101. The molecule has 0 aliphatic rings. The smallest absolute Gasteiger partial charge is 0.265 e. The number of fused-ring (bicyclic) bond motifs is 4. The maximum atomic E-state index is 14.0. The van der Waals surface area contributed by atoms with E-state index in [9.17, 15) is 4.79 Å². The van der Waals surface area contributed by atoms with Crippen LogP contribution < -0.4 is 5.56 Å². The molecule has 6 nitrogen and oxygen atoms in total. The summed E-state index contributed by atoms with van der Waals surface area (Å²) in [4.78, 5) is 28.8. The van der Waals surface area contributed by atoms with E-state index in [1.54, 1.807) is 4.57 Å². The molecule has 0 amide bonds. The zero-order chi connectivity index (χ0) is 23.2. The standard InChI is InChI=1S/C27H20BrN5O/c1-2-22-31-25-23(27(34)32(22)16-17-8-4-3-5-9-17)24-26(30-21-11-7-6-10-20(21)29-24)33(25)19-14-12-18(28)13-15-19/h3-15H,2,16H2,1H3. The summed E-state index contributed by atoms with van der Waals surface area (Å²) in [6.45, 7) is 2.48. The minimum absolute atomic E-state index is 0.101. The summed E-state index contributed by atoms with van der Waals surface area (Å²) in [5, 5.41) is 0.490. The van der Waals surface area contributed by atoms with Crippen LogP contribution in [0.2, 0.25) is 0 Å². The number of para-hydroxylation sites is 2. The summed E-state index contributed by atoms with van der Waals surface area (Å²) < 4.78 is 4.69. The van der Waals surface area contributed by atoms with Crippen LogP contribution in [0.4, 0.5) is 0 Å². The molecule has 0 radical (unpaired) electrons. The lowest BCUT2D eigenvalue weighted by molar-refractivity contribution is 0.685. The Labute approximate surface area is 203 Å². The van der Waals surface area contributed by atoms with Gasteiger partial charge in [0.05, 0.1) is 17.6 Å². The van der Waals surface area contributed by atoms with Crippen molar-refractivity contribution in [2.24, 2.45) is 0 Å². The monoisotopic (exact) mass is 509 g/mol. The summed E-state index contributed by atoms with van der Waals surface area (Å²) in [6.07, 6.45) is 0.628. The second kappa shape index (κ2) is 8.18. The predicted octanol–water partition coefficient (Wildman–Crippen LogP) is 5.66. The molecule has 3 heterocycles. The largest absolute Gasteiger partial charge is 0.291 e. The summed E-state index contributed by atoms with van der Waals surface area (Å²) in [6, 6.07) is 25.6. The van der Waals surface area contributed by atoms with Crippen LogP contribution in [-0.4, -0.2) is 24.1 Å². The quantitative estimate of drug-likeness (QED) is 0.307. The maximum absolute atomic E-state index is 14.0. The second-order valence-corrected chi connectivity index (χ2v) is 9.07. The SMILES string of the molecule is CCc1nc2c(c(=O)n1Cc1ccccc1)c1nc3ccccc3nc1n2-c1ccc(Br)cc1. The molecular formula is C27H20BrN5O. The molecule has 3 aromatic heterocycles. The summed E-state index contributed by atoms with van der Waals surface area (Å²) in [7, 11) is 0. The molecule has 6 aromatic rings. The Morgan fingerprint density at radius 1 is 0.794 bits per heavy atom. The van der Waals surface area contributed by atoms with Crippen LogP contribution in [0, 0.1) is 0 Å². The third-order valence-electron chi connectivity index (χ3n) is 6.03. The molecule has 0 atom stereocenters. The fourth-order valence-electron chi connectivity index (χ4n) is 4.40. The van der Waals surface area contributed by atoms with E-state index >= 15 is 0 Å². The third kappa shape index (κ3) is 3.31. The van der Waals surface area contributed by atoms with Gasteiger partial charge in [0.1, 0.15) is 16.7 Å². The van der Waals surface area contributed by atoms with E-state index in [-0.39, 0.29) is 5.56 Å². The number of halogens is 1. The van der Waals surface area contributed by atoms with Gasteiger partial charge in [0.2, 0.25) is 0 Å². The topological polar surface area (TPSA) is 65.6 Å². The van der Waals surface area contributed by atoms with Crippen LogP contribution in [0.3, 0.4) is 0 Å². The Morgan fingerprint density at radius 3 is 2.18 bits per heavy atom. The first-order valence-electron chi connectivity index (χ1n) is 11.1. The molecule has 0 fully saturated rings. The van der Waals surface area contributed by atoms with E-state index in [2.05, 4.69) is 15.9 Å². The van der Waals surface area contributed by atoms with Crippen molar-refractivity contribution < 1.29 is 0 Å². The van der Waals surface area contributed by atoms with Gasteiger partial charge in [0.15, 0.2) is 11.3 Å². The zero-order valence-corrected chi connectivity index (χ0v) is 20.0. The molecule has 34 heavy (non-hydrogen) atoms. The van der Waals surface area contributed by atoms with Crippen LogP contribution in [0.25, 0.3) is 38.9 Å². The first-order chi connectivity index (χ1) is 16.6. The lowest BCUT2D eigenvalue weighted by atomic mass is 10.2. The van der Waals surface area contributed by atoms with E-state index in [1.165, 1.54) is 0 Å². The molecular weight excluding hydrogens is 490 g/mol. The minimum Gasteiger partial charge on any atom is -0.291 e. The van der Waals surface area contributed by atoms with Gasteiger partial charge in [0, 0.05) is 16.6 Å². The maximum Gasteiger partial charge on any atom is 0.265 e. The average Bonchev–Trinajstić information content (AvgIpc) is 3.18. The van der Waals surface area contributed by atoms with Crippen LogP contribution in [-0.2, 0) is 13.0 Å². The molecule has 0 saturated heterocycles. The van der Waals surface area contributed by atoms with Crippen LogP contribution in [0.15, 0.2) is 88.1 Å². The van der Waals surface area contributed by atoms with Crippen molar-refractivity contribution in [1.29, 1.82) is 0 Å². The van der Waals surface area contributed by atoms with Crippen molar-refractivity contribution in [3.63, 3.8) is 0 Å². The Balaban J connectivity index is 1.75. The number of rotatable bonds is 4. The predicted molar refractivity (Wildman–Crippen MR) is 139 cm³/mol. The lowest BCUT2D eigenvalue weighted by Gasteiger charge is -2.12. The van der Waals surface area contributed by atoms with Crippen LogP contribution in [0.5, 0.6) is 0 Å². The van der Waals surface area contributed by atoms with Gasteiger partial charge in [0.25, 0.3) is 5.56 Å². The highest BCUT2D eigenvalue weighted by molar-refractivity contribution is 9.10. The van der Waals surface area contributed by atoms with Crippen molar-refractivity contribution in [3.8, 4) is 5.69 Å². The summed E-state index contributed by atoms with van der Waals surface area (Å²) in [5.74, 6) is 0.729. The highest BCUT2D eigenvalue weighted by Crippen LogP contribution is 2.29. The van der Waals surface area contributed by atoms with E-state index in [0.29, 0.717) is 35.2 Å². The van der Waals surface area contributed by atoms with Gasteiger partial charge in [-0.15, -0.1) is 0 Å². The fraction of sp³-hybridized carbons (Fsp3) is 0.111. The van der Waals surface area contributed by atoms with Crippen molar-refractivity contribution in [2.45, 2.75) is 19.9 Å². The summed E-state index contributed by atoms with van der Waals surface area (Å²) in [5.41, 5.74) is 5.12. The molecule has 0 spiro atoms. The second-order valence-electron chi connectivity index (χ2n) is 8.15. The molecule has 0 aliphatic heterocycles. The normalized spacial score (nSPS) is 11.6. The average molecular weight is 510 g/mol. The molecule has 6 rings (SSSR count). The molecule has 7 heteroatoms. The molecule has 0 N–H and O–H groups in total. The van der Waals surface area contributed by atoms with E-state index < -0.39 is 0 Å². The Kier molecular flexibility index (Phi) is 4.99. The lowest BCUT2D eigenvalue weighted by Crippen LogP contribution is -2.26. The van der Waals surface area contributed by atoms with Crippen LogP contribution >= 0.6 is 15.9 Å². The van der Waals surface area contributed by atoms with Crippen molar-refractivity contribution in [3.05, 3.63) is 105 Å². The van der Waals surface area contributed by atoms with Gasteiger partial charge in [-0.1, -0.05) is 65.3 Å². The van der Waals surface area contributed by atoms with Gasteiger partial charge in [-0.2, -0.15) is 0 Å².